The second kappa shape index (κ2) is 10.5. The molecule has 1 N–H and O–H groups in total. The van der Waals surface area contributed by atoms with Crippen molar-refractivity contribution in [1.82, 2.24) is 14.8 Å². The molecule has 3 heterocycles. The number of furan rings is 1. The quantitative estimate of drug-likeness (QED) is 0.249. The summed E-state index contributed by atoms with van der Waals surface area (Å²) in [5, 5.41) is 3.61. The van der Waals surface area contributed by atoms with Gasteiger partial charge in [-0.25, -0.2) is 0 Å². The first-order valence-corrected chi connectivity index (χ1v) is 12.5. The SMILES string of the molecule is O=C(Cn1cc(/C=C2\SC(=O)N(CC(=O)c3ccc(Cl)cc3)C2=O)c2ccccc21)NCc1ccco1. The zero-order valence-corrected chi connectivity index (χ0v) is 20.9. The number of halogens is 1. The van der Waals surface area contributed by atoms with Crippen molar-refractivity contribution in [3.63, 3.8) is 0 Å². The summed E-state index contributed by atoms with van der Waals surface area (Å²) in [4.78, 5) is 51.9. The van der Waals surface area contributed by atoms with Crippen LogP contribution in [0.15, 0.2) is 82.4 Å². The van der Waals surface area contributed by atoms with Gasteiger partial charge < -0.3 is 14.3 Å². The van der Waals surface area contributed by atoms with Crippen molar-refractivity contribution < 1.29 is 23.6 Å². The minimum Gasteiger partial charge on any atom is -0.467 e. The van der Waals surface area contributed by atoms with Crippen LogP contribution in [0.5, 0.6) is 0 Å². The number of nitrogens with one attached hydrogen (secondary N) is 1. The van der Waals surface area contributed by atoms with Crippen LogP contribution < -0.4 is 5.32 Å². The zero-order valence-electron chi connectivity index (χ0n) is 19.3. The summed E-state index contributed by atoms with van der Waals surface area (Å²) in [5.41, 5.74) is 1.85. The topological polar surface area (TPSA) is 102 Å². The lowest BCUT2D eigenvalue weighted by Crippen LogP contribution is -2.33. The fourth-order valence-electron chi connectivity index (χ4n) is 3.98. The second-order valence-electron chi connectivity index (χ2n) is 8.28. The number of amides is 3. The monoisotopic (exact) mass is 533 g/mol. The molecular weight excluding hydrogens is 514 g/mol. The van der Waals surface area contributed by atoms with Gasteiger partial charge in [-0.15, -0.1) is 0 Å². The highest BCUT2D eigenvalue weighted by molar-refractivity contribution is 8.18. The highest BCUT2D eigenvalue weighted by Crippen LogP contribution is 2.34. The van der Waals surface area contributed by atoms with Crippen LogP contribution in [-0.2, 0) is 22.7 Å². The Balaban J connectivity index is 1.34. The molecule has 5 rings (SSSR count). The molecule has 2 aromatic heterocycles. The minimum atomic E-state index is -0.537. The number of rotatable bonds is 8. The molecule has 10 heteroatoms. The van der Waals surface area contributed by atoms with E-state index in [1.165, 1.54) is 0 Å². The van der Waals surface area contributed by atoms with Crippen LogP contribution in [0.1, 0.15) is 21.7 Å². The maximum absolute atomic E-state index is 13.0. The van der Waals surface area contributed by atoms with Crippen LogP contribution in [0.4, 0.5) is 4.79 Å². The smallest absolute Gasteiger partial charge is 0.293 e. The van der Waals surface area contributed by atoms with Crippen molar-refractivity contribution in [3.8, 4) is 0 Å². The Hall–Kier alpha value is -4.08. The summed E-state index contributed by atoms with van der Waals surface area (Å²) in [7, 11) is 0. The van der Waals surface area contributed by atoms with Crippen LogP contribution >= 0.6 is 23.4 Å². The van der Waals surface area contributed by atoms with E-state index < -0.39 is 11.1 Å². The first-order valence-electron chi connectivity index (χ1n) is 11.3. The number of nitrogens with zero attached hydrogens (tertiary/aromatic N) is 2. The first kappa shape index (κ1) is 24.6. The van der Waals surface area contributed by atoms with Gasteiger partial charge in [0, 0.05) is 33.2 Å². The number of ketones is 1. The lowest BCUT2D eigenvalue weighted by atomic mass is 10.1. The third-order valence-corrected chi connectivity index (χ3v) is 6.96. The van der Waals surface area contributed by atoms with E-state index in [0.717, 1.165) is 27.6 Å². The van der Waals surface area contributed by atoms with Gasteiger partial charge in [-0.1, -0.05) is 29.8 Å². The molecule has 4 aromatic rings. The van der Waals surface area contributed by atoms with E-state index >= 15 is 0 Å². The molecule has 3 amide bonds. The molecule has 0 radical (unpaired) electrons. The normalized spacial score (nSPS) is 14.6. The lowest BCUT2D eigenvalue weighted by Gasteiger charge is -2.11. The molecule has 8 nitrogen and oxygen atoms in total. The summed E-state index contributed by atoms with van der Waals surface area (Å²) < 4.78 is 7.03. The number of imide groups is 1. The molecule has 0 unspecified atom stereocenters. The minimum absolute atomic E-state index is 0.0616. The molecule has 0 aliphatic carbocycles. The molecule has 0 saturated carbocycles. The van der Waals surface area contributed by atoms with Gasteiger partial charge in [0.1, 0.15) is 12.3 Å². The Morgan fingerprint density at radius 3 is 2.54 bits per heavy atom. The van der Waals surface area contributed by atoms with Crippen molar-refractivity contribution >= 4 is 63.2 Å². The van der Waals surface area contributed by atoms with Crippen LogP contribution in [0, 0.1) is 0 Å². The largest absolute Gasteiger partial charge is 0.467 e. The number of benzene rings is 2. The van der Waals surface area contributed by atoms with E-state index in [-0.39, 0.29) is 36.2 Å². The number of hydrogen-bond acceptors (Lipinski definition) is 6. The van der Waals surface area contributed by atoms with E-state index in [0.29, 0.717) is 21.9 Å². The van der Waals surface area contributed by atoms with Crippen molar-refractivity contribution in [1.29, 1.82) is 0 Å². The summed E-state index contributed by atoms with van der Waals surface area (Å²) in [6.07, 6.45) is 4.93. The van der Waals surface area contributed by atoms with E-state index in [1.807, 2.05) is 24.3 Å². The van der Waals surface area contributed by atoms with Gasteiger partial charge in [0.05, 0.1) is 24.3 Å². The predicted molar refractivity (Wildman–Crippen MR) is 141 cm³/mol. The molecule has 0 atom stereocenters. The molecule has 1 aliphatic heterocycles. The van der Waals surface area contributed by atoms with Crippen LogP contribution in [0.3, 0.4) is 0 Å². The van der Waals surface area contributed by atoms with Gasteiger partial charge in [0.2, 0.25) is 5.91 Å². The number of aromatic nitrogens is 1. The number of fused-ring (bicyclic) bond motifs is 1. The molecule has 2 aromatic carbocycles. The molecule has 0 bridgehead atoms. The average molecular weight is 534 g/mol. The van der Waals surface area contributed by atoms with Gasteiger partial charge in [-0.2, -0.15) is 0 Å². The Morgan fingerprint density at radius 1 is 1.00 bits per heavy atom. The van der Waals surface area contributed by atoms with Crippen molar-refractivity contribution in [2.75, 3.05) is 6.54 Å². The van der Waals surface area contributed by atoms with E-state index in [2.05, 4.69) is 5.32 Å². The predicted octanol–water partition coefficient (Wildman–Crippen LogP) is 5.12. The van der Waals surface area contributed by atoms with E-state index in [1.54, 1.807) is 59.5 Å². The molecule has 1 saturated heterocycles. The maximum atomic E-state index is 13.0. The van der Waals surface area contributed by atoms with Crippen LogP contribution in [0.2, 0.25) is 5.02 Å². The fraction of sp³-hybridized carbons (Fsp3) is 0.111. The number of hydrogen-bond donors (Lipinski definition) is 1. The number of carbonyl (C=O) groups excluding carboxylic acids is 4. The Bertz CT molecular complexity index is 1540. The number of Topliss-reactive ketones (excluding diaryl/α,β-unsaturated/α-hetero) is 1. The molecule has 1 fully saturated rings. The zero-order chi connectivity index (χ0) is 25.9. The van der Waals surface area contributed by atoms with E-state index in [4.69, 9.17) is 16.0 Å². The standard InChI is InChI=1S/C27H20ClN3O5S/c28-19-9-7-17(8-10-19)23(32)15-31-26(34)24(37-27(31)35)12-18-14-30(22-6-2-1-5-21(18)22)16-25(33)29-13-20-4-3-11-36-20/h1-12,14H,13,15-16H2,(H,29,33)/b24-12-. The molecule has 37 heavy (non-hydrogen) atoms. The summed E-state index contributed by atoms with van der Waals surface area (Å²) >= 11 is 6.65. The van der Waals surface area contributed by atoms with Gasteiger partial charge in [0.25, 0.3) is 11.1 Å². The first-order chi connectivity index (χ1) is 17.9. The Morgan fingerprint density at radius 2 is 1.78 bits per heavy atom. The van der Waals surface area contributed by atoms with Gasteiger partial charge in [-0.05, 0) is 60.3 Å². The molecule has 1 aliphatic rings. The van der Waals surface area contributed by atoms with Crippen molar-refractivity contribution in [2.24, 2.45) is 0 Å². The number of carbonyl (C=O) groups is 4. The third-order valence-electron chi connectivity index (χ3n) is 5.80. The summed E-state index contributed by atoms with van der Waals surface area (Å²) in [6, 6.07) is 17.3. The molecule has 186 valence electrons. The van der Waals surface area contributed by atoms with E-state index in [9.17, 15) is 19.2 Å². The molecular formula is C27H20ClN3O5S. The Labute approximate surface area is 220 Å². The lowest BCUT2D eigenvalue weighted by molar-refractivity contribution is -0.123. The number of para-hydroxylation sites is 1. The summed E-state index contributed by atoms with van der Waals surface area (Å²) in [5.74, 6) is -0.455. The fourth-order valence-corrected chi connectivity index (χ4v) is 4.93. The van der Waals surface area contributed by atoms with Gasteiger partial charge in [0.15, 0.2) is 5.78 Å². The molecule has 0 spiro atoms. The van der Waals surface area contributed by atoms with Crippen molar-refractivity contribution in [2.45, 2.75) is 13.1 Å². The van der Waals surface area contributed by atoms with Gasteiger partial charge in [-0.3, -0.25) is 24.1 Å². The second-order valence-corrected chi connectivity index (χ2v) is 9.71. The van der Waals surface area contributed by atoms with Crippen LogP contribution in [-0.4, -0.2) is 38.8 Å². The van der Waals surface area contributed by atoms with Crippen molar-refractivity contribution in [3.05, 3.63) is 99.9 Å². The average Bonchev–Trinajstić information content (AvgIpc) is 3.60. The number of thioether (sulfide) groups is 1. The third kappa shape index (κ3) is 5.37. The van der Waals surface area contributed by atoms with Crippen LogP contribution in [0.25, 0.3) is 17.0 Å². The maximum Gasteiger partial charge on any atom is 0.293 e. The Kier molecular flexibility index (Phi) is 6.98. The highest BCUT2D eigenvalue weighted by Gasteiger charge is 2.36. The summed E-state index contributed by atoms with van der Waals surface area (Å²) in [6.45, 7) is -0.0207. The van der Waals surface area contributed by atoms with Gasteiger partial charge >= 0.3 is 0 Å². The highest BCUT2D eigenvalue weighted by atomic mass is 35.5.